The number of benzene rings is 4. The zero-order valence-electron chi connectivity index (χ0n) is 29.0. The minimum atomic E-state index is -4.31. The molecular formula is C40H43N5O5S. The fourth-order valence-corrected chi connectivity index (χ4v) is 7.56. The topological polar surface area (TPSA) is 133 Å². The van der Waals surface area contributed by atoms with Gasteiger partial charge in [0.05, 0.1) is 28.8 Å². The molecule has 1 unspecified atom stereocenters. The first kappa shape index (κ1) is 35.7. The van der Waals surface area contributed by atoms with Gasteiger partial charge in [-0.15, -0.1) is 0 Å². The maximum atomic E-state index is 14.6. The largest absolute Gasteiger partial charge is 0.394 e. The summed E-state index contributed by atoms with van der Waals surface area (Å²) in [5.41, 5.74) is 2.68. The average Bonchev–Trinajstić information content (AvgIpc) is 3.16. The SMILES string of the molecule is CCCCN(CCCC)c1nccc(-c2c(C(=O)NS(=O)(=O)c3ccc4ccccc4c3)cccc2C(=O)N2Cc3ccccc3CC2CO)n1. The highest BCUT2D eigenvalue weighted by molar-refractivity contribution is 7.90. The number of sulfonamides is 1. The van der Waals surface area contributed by atoms with E-state index in [0.29, 0.717) is 23.4 Å². The smallest absolute Gasteiger partial charge is 0.265 e. The van der Waals surface area contributed by atoms with Crippen molar-refractivity contribution < 1.29 is 23.1 Å². The van der Waals surface area contributed by atoms with E-state index < -0.39 is 27.9 Å². The molecule has 5 aromatic rings. The van der Waals surface area contributed by atoms with Gasteiger partial charge in [-0.2, -0.15) is 0 Å². The Morgan fingerprint density at radius 3 is 2.27 bits per heavy atom. The maximum Gasteiger partial charge on any atom is 0.265 e. The number of aliphatic hydroxyl groups excluding tert-OH is 1. The van der Waals surface area contributed by atoms with Crippen LogP contribution in [0.1, 0.15) is 71.4 Å². The van der Waals surface area contributed by atoms with Gasteiger partial charge < -0.3 is 14.9 Å². The van der Waals surface area contributed by atoms with Crippen molar-refractivity contribution in [1.82, 2.24) is 19.6 Å². The molecule has 1 aliphatic rings. The molecule has 0 saturated heterocycles. The molecule has 2 N–H and O–H groups in total. The Kier molecular flexibility index (Phi) is 11.1. The third kappa shape index (κ3) is 7.79. The fraction of sp³-hybridized carbons (Fsp3) is 0.300. The Hall–Kier alpha value is -5.13. The van der Waals surface area contributed by atoms with Crippen LogP contribution in [0.3, 0.4) is 0 Å². The molecule has 1 atom stereocenters. The molecule has 0 radical (unpaired) electrons. The fourth-order valence-electron chi connectivity index (χ4n) is 6.56. The lowest BCUT2D eigenvalue weighted by atomic mass is 9.91. The van der Waals surface area contributed by atoms with Crippen molar-refractivity contribution in [3.05, 3.63) is 119 Å². The van der Waals surface area contributed by atoms with Crippen LogP contribution in [-0.2, 0) is 23.0 Å². The van der Waals surface area contributed by atoms with E-state index in [1.807, 2.05) is 42.5 Å². The first-order valence-electron chi connectivity index (χ1n) is 17.5. The number of nitrogens with one attached hydrogen (secondary N) is 1. The lowest BCUT2D eigenvalue weighted by Gasteiger charge is -2.36. The number of anilines is 1. The van der Waals surface area contributed by atoms with E-state index in [-0.39, 0.29) is 34.7 Å². The van der Waals surface area contributed by atoms with Crippen LogP contribution in [0.4, 0.5) is 5.95 Å². The zero-order valence-corrected chi connectivity index (χ0v) is 29.8. The van der Waals surface area contributed by atoms with Crippen molar-refractivity contribution in [3.63, 3.8) is 0 Å². The van der Waals surface area contributed by atoms with E-state index in [9.17, 15) is 23.1 Å². The Morgan fingerprint density at radius 1 is 0.863 bits per heavy atom. The van der Waals surface area contributed by atoms with Gasteiger partial charge in [-0.3, -0.25) is 9.59 Å². The van der Waals surface area contributed by atoms with Crippen molar-refractivity contribution in [3.8, 4) is 11.3 Å². The first-order valence-corrected chi connectivity index (χ1v) is 19.0. The van der Waals surface area contributed by atoms with E-state index in [1.165, 1.54) is 18.2 Å². The zero-order chi connectivity index (χ0) is 36.0. The monoisotopic (exact) mass is 705 g/mol. The van der Waals surface area contributed by atoms with Crippen molar-refractivity contribution in [2.75, 3.05) is 24.6 Å². The molecule has 0 spiro atoms. The summed E-state index contributed by atoms with van der Waals surface area (Å²) in [5.74, 6) is -0.837. The molecule has 10 nitrogen and oxygen atoms in total. The van der Waals surface area contributed by atoms with E-state index in [4.69, 9.17) is 4.98 Å². The van der Waals surface area contributed by atoms with Crippen LogP contribution < -0.4 is 9.62 Å². The van der Waals surface area contributed by atoms with Crippen LogP contribution in [0.15, 0.2) is 102 Å². The van der Waals surface area contributed by atoms with Crippen LogP contribution in [0.25, 0.3) is 22.0 Å². The highest BCUT2D eigenvalue weighted by Gasteiger charge is 2.33. The number of carbonyl (C=O) groups excluding carboxylic acids is 2. The quantitative estimate of drug-likeness (QED) is 0.144. The molecule has 264 valence electrons. The van der Waals surface area contributed by atoms with Crippen molar-refractivity contribution >= 4 is 38.6 Å². The molecule has 2 heterocycles. The number of hydrogen-bond acceptors (Lipinski definition) is 8. The second-order valence-electron chi connectivity index (χ2n) is 12.9. The van der Waals surface area contributed by atoms with Gasteiger partial charge >= 0.3 is 0 Å². The number of amides is 2. The summed E-state index contributed by atoms with van der Waals surface area (Å²) in [5, 5.41) is 12.0. The molecule has 2 amide bonds. The molecule has 11 heteroatoms. The van der Waals surface area contributed by atoms with Crippen LogP contribution in [0.5, 0.6) is 0 Å². The summed E-state index contributed by atoms with van der Waals surface area (Å²) in [6, 6.07) is 25.7. The van der Waals surface area contributed by atoms with Crippen LogP contribution in [0, 0.1) is 0 Å². The Labute approximate surface area is 299 Å². The van der Waals surface area contributed by atoms with Gasteiger partial charge in [0.25, 0.3) is 21.8 Å². The van der Waals surface area contributed by atoms with Crippen molar-refractivity contribution in [1.29, 1.82) is 0 Å². The second-order valence-corrected chi connectivity index (χ2v) is 14.5. The highest BCUT2D eigenvalue weighted by Crippen LogP contribution is 2.32. The van der Waals surface area contributed by atoms with E-state index >= 15 is 0 Å². The molecule has 1 aromatic heterocycles. The Bertz CT molecular complexity index is 2150. The third-order valence-corrected chi connectivity index (χ3v) is 10.7. The molecule has 0 saturated carbocycles. The minimum absolute atomic E-state index is 0.0264. The summed E-state index contributed by atoms with van der Waals surface area (Å²) in [4.78, 5) is 41.9. The molecule has 0 fully saturated rings. The molecule has 51 heavy (non-hydrogen) atoms. The molecule has 1 aliphatic heterocycles. The molecule has 6 rings (SSSR count). The standard InChI is InChI=1S/C40H43N5O5S/c1-3-5-22-44(23-6-4-2)40-41-21-20-36(42-40)37-34(38(47)43-51(49,50)33-19-18-28-12-7-8-14-30(28)25-33)16-11-17-35(37)39(48)45-26-31-15-10-9-13-29(31)24-32(45)27-46/h7-21,25,32,46H,3-6,22-24,26-27H2,1-2H3,(H,43,47). The van der Waals surface area contributed by atoms with Crippen molar-refractivity contribution in [2.45, 2.75) is 63.4 Å². The summed E-state index contributed by atoms with van der Waals surface area (Å²) in [7, 11) is -4.31. The van der Waals surface area contributed by atoms with E-state index in [0.717, 1.165) is 55.3 Å². The summed E-state index contributed by atoms with van der Waals surface area (Å²) < 4.78 is 29.5. The molecule has 4 aromatic carbocycles. The predicted molar refractivity (Wildman–Crippen MR) is 199 cm³/mol. The van der Waals surface area contributed by atoms with Gasteiger partial charge in [-0.25, -0.2) is 23.1 Å². The summed E-state index contributed by atoms with van der Waals surface area (Å²) in [6.45, 7) is 5.73. The molecule has 0 bridgehead atoms. The van der Waals surface area contributed by atoms with Crippen LogP contribution >= 0.6 is 0 Å². The number of unbranched alkanes of at least 4 members (excludes halogenated alkanes) is 2. The number of rotatable bonds is 13. The van der Waals surface area contributed by atoms with E-state index in [2.05, 4.69) is 28.5 Å². The lowest BCUT2D eigenvalue weighted by Crippen LogP contribution is -2.46. The predicted octanol–water partition coefficient (Wildman–Crippen LogP) is 6.38. The number of fused-ring (bicyclic) bond motifs is 2. The highest BCUT2D eigenvalue weighted by atomic mass is 32.2. The van der Waals surface area contributed by atoms with Gasteiger partial charge in [0.2, 0.25) is 5.95 Å². The Balaban J connectivity index is 1.44. The average molecular weight is 706 g/mol. The summed E-state index contributed by atoms with van der Waals surface area (Å²) in [6.07, 6.45) is 5.92. The van der Waals surface area contributed by atoms with Gasteiger partial charge in [0.1, 0.15) is 0 Å². The Morgan fingerprint density at radius 2 is 1.55 bits per heavy atom. The number of hydrogen-bond donors (Lipinski definition) is 2. The first-order chi connectivity index (χ1) is 24.7. The summed E-state index contributed by atoms with van der Waals surface area (Å²) >= 11 is 0. The van der Waals surface area contributed by atoms with Gasteiger partial charge in [0.15, 0.2) is 0 Å². The third-order valence-electron chi connectivity index (χ3n) is 9.37. The van der Waals surface area contributed by atoms with E-state index in [1.54, 1.807) is 41.4 Å². The number of aromatic nitrogens is 2. The number of nitrogens with zero attached hydrogens (tertiary/aromatic N) is 4. The van der Waals surface area contributed by atoms with Gasteiger partial charge in [-0.05, 0) is 71.5 Å². The normalized spacial score (nSPS) is 14.3. The maximum absolute atomic E-state index is 14.6. The second kappa shape index (κ2) is 15.8. The van der Waals surface area contributed by atoms with Gasteiger partial charge in [0, 0.05) is 37.0 Å². The number of aliphatic hydroxyl groups is 1. The van der Waals surface area contributed by atoms with Crippen LogP contribution in [-0.4, -0.2) is 65.9 Å². The lowest BCUT2D eigenvalue weighted by molar-refractivity contribution is 0.0545. The number of carbonyl (C=O) groups is 2. The van der Waals surface area contributed by atoms with Gasteiger partial charge in [-0.1, -0.05) is 87.4 Å². The van der Waals surface area contributed by atoms with Crippen LogP contribution in [0.2, 0.25) is 0 Å². The molecular weight excluding hydrogens is 663 g/mol. The minimum Gasteiger partial charge on any atom is -0.394 e. The molecule has 0 aliphatic carbocycles. The van der Waals surface area contributed by atoms with Crippen molar-refractivity contribution in [2.24, 2.45) is 0 Å².